The average Bonchev–Trinajstić information content (AvgIpc) is 2.48. The Morgan fingerprint density at radius 2 is 1.76 bits per heavy atom. The van der Waals surface area contributed by atoms with Crippen molar-refractivity contribution in [3.63, 3.8) is 0 Å². The van der Waals surface area contributed by atoms with Gasteiger partial charge in [-0.05, 0) is 12.5 Å². The highest BCUT2D eigenvalue weighted by Crippen LogP contribution is 2.27. The lowest BCUT2D eigenvalue weighted by Crippen LogP contribution is -2.60. The van der Waals surface area contributed by atoms with Gasteiger partial charge >= 0.3 is 5.97 Å². The van der Waals surface area contributed by atoms with Crippen LogP contribution >= 0.6 is 0 Å². The fourth-order valence-corrected chi connectivity index (χ4v) is 2.17. The highest BCUT2D eigenvalue weighted by Gasteiger charge is 2.47. The number of carboxylic acid groups (broad SMARTS) is 1. The normalized spacial score (nSPS) is 34.4. The SMILES string of the molecule is C[C@@H](O[C@@H]1O[C@@H](C(=O)O)[C@@H](O)[C@@H](O)[C@H]1O)c1ccccc1. The fraction of sp³-hybridized carbons (Fsp3) is 0.500. The molecular formula is C14H18O7. The number of hydrogen-bond acceptors (Lipinski definition) is 6. The van der Waals surface area contributed by atoms with E-state index >= 15 is 0 Å². The zero-order chi connectivity index (χ0) is 15.6. The number of aliphatic hydroxyl groups is 3. The van der Waals surface area contributed by atoms with Gasteiger partial charge in [-0.1, -0.05) is 30.3 Å². The third kappa shape index (κ3) is 3.39. The van der Waals surface area contributed by atoms with Crippen LogP contribution in [0.15, 0.2) is 30.3 Å². The van der Waals surface area contributed by atoms with Gasteiger partial charge in [0.25, 0.3) is 0 Å². The number of benzene rings is 1. The van der Waals surface area contributed by atoms with Crippen LogP contribution in [-0.4, -0.2) is 57.1 Å². The van der Waals surface area contributed by atoms with Crippen molar-refractivity contribution < 1.29 is 34.7 Å². The van der Waals surface area contributed by atoms with Crippen molar-refractivity contribution >= 4 is 5.97 Å². The summed E-state index contributed by atoms with van der Waals surface area (Å²) in [5.74, 6) is -1.44. The molecule has 0 saturated carbocycles. The molecule has 0 aromatic heterocycles. The Balaban J connectivity index is 2.09. The molecule has 116 valence electrons. The number of hydrogen-bond donors (Lipinski definition) is 4. The van der Waals surface area contributed by atoms with Gasteiger partial charge in [0.1, 0.15) is 18.3 Å². The van der Waals surface area contributed by atoms with Crippen molar-refractivity contribution in [1.29, 1.82) is 0 Å². The zero-order valence-electron chi connectivity index (χ0n) is 11.4. The molecule has 4 N–H and O–H groups in total. The molecule has 0 aliphatic carbocycles. The van der Waals surface area contributed by atoms with Crippen LogP contribution in [0, 0.1) is 0 Å². The van der Waals surface area contributed by atoms with Gasteiger partial charge in [-0.25, -0.2) is 4.79 Å². The Kier molecular flexibility index (Phi) is 4.92. The summed E-state index contributed by atoms with van der Waals surface area (Å²) in [6, 6.07) is 9.07. The van der Waals surface area contributed by atoms with Crippen molar-refractivity contribution in [3.05, 3.63) is 35.9 Å². The number of aliphatic carboxylic acids is 1. The Morgan fingerprint density at radius 3 is 2.33 bits per heavy atom. The minimum Gasteiger partial charge on any atom is -0.479 e. The van der Waals surface area contributed by atoms with Gasteiger partial charge in [0.05, 0.1) is 6.10 Å². The minimum atomic E-state index is -1.72. The van der Waals surface area contributed by atoms with E-state index in [0.29, 0.717) is 0 Å². The van der Waals surface area contributed by atoms with Crippen molar-refractivity contribution in [2.45, 2.75) is 43.7 Å². The molecule has 0 spiro atoms. The average molecular weight is 298 g/mol. The van der Waals surface area contributed by atoms with Crippen LogP contribution in [0.3, 0.4) is 0 Å². The molecule has 7 heteroatoms. The molecular weight excluding hydrogens is 280 g/mol. The summed E-state index contributed by atoms with van der Waals surface area (Å²) < 4.78 is 10.5. The molecule has 1 aromatic rings. The van der Waals surface area contributed by atoms with Gasteiger partial charge in [0.15, 0.2) is 12.4 Å². The van der Waals surface area contributed by atoms with E-state index in [1.807, 2.05) is 18.2 Å². The van der Waals surface area contributed by atoms with Gasteiger partial charge in [0, 0.05) is 0 Å². The van der Waals surface area contributed by atoms with Crippen molar-refractivity contribution in [2.24, 2.45) is 0 Å². The first-order valence-electron chi connectivity index (χ1n) is 6.54. The van der Waals surface area contributed by atoms with Crippen LogP contribution in [0.4, 0.5) is 0 Å². The van der Waals surface area contributed by atoms with Crippen LogP contribution in [0.25, 0.3) is 0 Å². The highest BCUT2D eigenvalue weighted by atomic mass is 16.7. The van der Waals surface area contributed by atoms with E-state index in [1.165, 1.54) is 0 Å². The number of carbonyl (C=O) groups is 1. The maximum absolute atomic E-state index is 11.0. The fourth-order valence-electron chi connectivity index (χ4n) is 2.17. The second kappa shape index (κ2) is 6.50. The summed E-state index contributed by atoms with van der Waals surface area (Å²) in [7, 11) is 0. The van der Waals surface area contributed by atoms with Gasteiger partial charge < -0.3 is 29.9 Å². The van der Waals surface area contributed by atoms with Crippen LogP contribution in [0.5, 0.6) is 0 Å². The molecule has 21 heavy (non-hydrogen) atoms. The molecule has 6 atom stereocenters. The summed E-state index contributed by atoms with van der Waals surface area (Å²) in [5, 5.41) is 38.1. The second-order valence-electron chi connectivity index (χ2n) is 4.92. The first-order valence-corrected chi connectivity index (χ1v) is 6.54. The summed E-state index contributed by atoms with van der Waals surface area (Å²) in [6.45, 7) is 1.71. The highest BCUT2D eigenvalue weighted by molar-refractivity contribution is 5.73. The Bertz CT molecular complexity index is 477. The number of carboxylic acids is 1. The lowest BCUT2D eigenvalue weighted by Gasteiger charge is -2.39. The van der Waals surface area contributed by atoms with Crippen LogP contribution in [0.1, 0.15) is 18.6 Å². The summed E-state index contributed by atoms with van der Waals surface area (Å²) in [5.41, 5.74) is 0.806. The molecule has 7 nitrogen and oxygen atoms in total. The molecule has 2 rings (SSSR count). The van der Waals surface area contributed by atoms with Crippen LogP contribution < -0.4 is 0 Å². The van der Waals surface area contributed by atoms with Crippen molar-refractivity contribution in [3.8, 4) is 0 Å². The predicted octanol–water partition coefficient (Wildman–Crippen LogP) is -0.344. The third-order valence-electron chi connectivity index (χ3n) is 3.42. The van der Waals surface area contributed by atoms with Gasteiger partial charge in [-0.2, -0.15) is 0 Å². The van der Waals surface area contributed by atoms with Crippen molar-refractivity contribution in [2.75, 3.05) is 0 Å². The lowest BCUT2D eigenvalue weighted by molar-refractivity contribution is -0.304. The summed E-state index contributed by atoms with van der Waals surface area (Å²) in [6.07, 6.45) is -8.40. The maximum atomic E-state index is 11.0. The molecule has 1 saturated heterocycles. The number of rotatable bonds is 4. The summed E-state index contributed by atoms with van der Waals surface area (Å²) in [4.78, 5) is 11.0. The molecule has 1 heterocycles. The third-order valence-corrected chi connectivity index (χ3v) is 3.42. The molecule has 0 unspecified atom stereocenters. The van der Waals surface area contributed by atoms with Gasteiger partial charge in [0.2, 0.25) is 0 Å². The molecule has 1 aromatic carbocycles. The minimum absolute atomic E-state index is 0.484. The van der Waals surface area contributed by atoms with Crippen LogP contribution in [-0.2, 0) is 14.3 Å². The Morgan fingerprint density at radius 1 is 1.14 bits per heavy atom. The van der Waals surface area contributed by atoms with Gasteiger partial charge in [-0.15, -0.1) is 0 Å². The molecule has 1 aliphatic rings. The van der Waals surface area contributed by atoms with E-state index in [4.69, 9.17) is 14.6 Å². The maximum Gasteiger partial charge on any atom is 0.335 e. The number of ether oxygens (including phenoxy) is 2. The quantitative estimate of drug-likeness (QED) is 0.600. The number of aliphatic hydroxyl groups excluding tert-OH is 3. The van der Waals surface area contributed by atoms with Crippen LogP contribution in [0.2, 0.25) is 0 Å². The molecule has 0 bridgehead atoms. The standard InChI is InChI=1S/C14H18O7/c1-7(8-5-3-2-4-6-8)20-14-11(17)9(15)10(16)12(21-14)13(18)19/h2-7,9-12,14-17H,1H3,(H,18,19)/t7-,9-,10+,11-,12-,14-/m1/s1. The van der Waals surface area contributed by atoms with E-state index < -0.39 is 42.8 Å². The zero-order valence-corrected chi connectivity index (χ0v) is 11.4. The lowest BCUT2D eigenvalue weighted by atomic mass is 9.99. The van der Waals surface area contributed by atoms with E-state index in [9.17, 15) is 20.1 Å². The molecule has 0 amide bonds. The molecule has 1 fully saturated rings. The second-order valence-corrected chi connectivity index (χ2v) is 4.92. The Labute approximate surface area is 121 Å². The summed E-state index contributed by atoms with van der Waals surface area (Å²) >= 11 is 0. The first kappa shape index (κ1) is 15.9. The van der Waals surface area contributed by atoms with E-state index in [-0.39, 0.29) is 0 Å². The molecule has 1 aliphatic heterocycles. The Hall–Kier alpha value is -1.51. The predicted molar refractivity (Wildman–Crippen MR) is 70.3 cm³/mol. The van der Waals surface area contributed by atoms with Gasteiger partial charge in [-0.3, -0.25) is 0 Å². The molecule has 0 radical (unpaired) electrons. The van der Waals surface area contributed by atoms with E-state index in [2.05, 4.69) is 0 Å². The van der Waals surface area contributed by atoms with Crippen molar-refractivity contribution in [1.82, 2.24) is 0 Å². The topological polar surface area (TPSA) is 116 Å². The van der Waals surface area contributed by atoms with E-state index in [0.717, 1.165) is 5.56 Å². The van der Waals surface area contributed by atoms with E-state index in [1.54, 1.807) is 19.1 Å². The monoisotopic (exact) mass is 298 g/mol. The first-order chi connectivity index (χ1) is 9.91. The largest absolute Gasteiger partial charge is 0.479 e. The smallest absolute Gasteiger partial charge is 0.335 e.